The highest BCUT2D eigenvalue weighted by Gasteiger charge is 2.33. The summed E-state index contributed by atoms with van der Waals surface area (Å²) in [5, 5.41) is 20.0. The van der Waals surface area contributed by atoms with Gasteiger partial charge in [-0.3, -0.25) is 14.9 Å². The molecule has 1 heterocycles. The Balaban J connectivity index is 2.37. The summed E-state index contributed by atoms with van der Waals surface area (Å²) >= 11 is 0. The average Bonchev–Trinajstić information content (AvgIpc) is 2.23. The number of aliphatic hydroxyl groups excluding tert-OH is 1. The summed E-state index contributed by atoms with van der Waals surface area (Å²) < 4.78 is 0. The third-order valence-electron chi connectivity index (χ3n) is 2.81. The monoisotopic (exact) mass is 236 g/mol. The molecule has 1 aliphatic heterocycles. The predicted octanol–water partition coefficient (Wildman–Crippen LogP) is 0.720. The first-order valence-corrected chi connectivity index (χ1v) is 5.22. The van der Waals surface area contributed by atoms with E-state index in [0.29, 0.717) is 5.56 Å². The van der Waals surface area contributed by atoms with Crippen LogP contribution in [0.5, 0.6) is 0 Å². The van der Waals surface area contributed by atoms with Crippen molar-refractivity contribution < 1.29 is 14.8 Å². The summed E-state index contributed by atoms with van der Waals surface area (Å²) in [5.74, 6) is -0.389. The minimum atomic E-state index is -0.559. The number of benzene rings is 1. The maximum absolute atomic E-state index is 12.0. The number of rotatable bonds is 2. The van der Waals surface area contributed by atoms with Crippen LogP contribution in [0.4, 0.5) is 5.69 Å². The Bertz CT molecular complexity index is 480. The summed E-state index contributed by atoms with van der Waals surface area (Å²) in [7, 11) is 0. The molecule has 6 heteroatoms. The van der Waals surface area contributed by atoms with Gasteiger partial charge in [0.25, 0.3) is 11.6 Å². The van der Waals surface area contributed by atoms with Crippen LogP contribution in [0.2, 0.25) is 0 Å². The van der Waals surface area contributed by atoms with Crippen LogP contribution in [0.1, 0.15) is 15.9 Å². The van der Waals surface area contributed by atoms with Crippen molar-refractivity contribution in [2.24, 2.45) is 0 Å². The summed E-state index contributed by atoms with van der Waals surface area (Å²) in [6.45, 7) is 2.14. The second kappa shape index (κ2) is 4.14. The topological polar surface area (TPSA) is 83.7 Å². The Morgan fingerprint density at radius 3 is 2.71 bits per heavy atom. The number of hydrogen-bond acceptors (Lipinski definition) is 4. The minimum Gasteiger partial charge on any atom is -0.389 e. The molecule has 0 unspecified atom stereocenters. The fraction of sp³-hybridized carbons (Fsp3) is 0.364. The van der Waals surface area contributed by atoms with E-state index in [1.165, 1.54) is 11.0 Å². The lowest BCUT2D eigenvalue weighted by atomic mass is 10.0. The molecule has 1 aliphatic rings. The first kappa shape index (κ1) is 11.5. The van der Waals surface area contributed by atoms with Crippen molar-refractivity contribution >= 4 is 11.6 Å². The maximum Gasteiger partial charge on any atom is 0.282 e. The SMILES string of the molecule is Cc1cccc([N+](=O)[O-])c1C(=O)N1CC(O)C1. The van der Waals surface area contributed by atoms with Gasteiger partial charge in [0.15, 0.2) is 0 Å². The number of amides is 1. The molecule has 1 N–H and O–H groups in total. The molecule has 6 nitrogen and oxygen atoms in total. The van der Waals surface area contributed by atoms with E-state index in [-0.39, 0.29) is 30.2 Å². The molecule has 2 rings (SSSR count). The van der Waals surface area contributed by atoms with Gasteiger partial charge in [-0.25, -0.2) is 0 Å². The number of hydrogen-bond donors (Lipinski definition) is 1. The van der Waals surface area contributed by atoms with Gasteiger partial charge in [0.2, 0.25) is 0 Å². The average molecular weight is 236 g/mol. The molecule has 0 aliphatic carbocycles. The number of aliphatic hydroxyl groups is 1. The van der Waals surface area contributed by atoms with E-state index in [0.717, 1.165) is 0 Å². The van der Waals surface area contributed by atoms with E-state index in [2.05, 4.69) is 0 Å². The lowest BCUT2D eigenvalue weighted by Crippen LogP contribution is -2.53. The number of nitro groups is 1. The van der Waals surface area contributed by atoms with Crippen molar-refractivity contribution in [1.82, 2.24) is 4.90 Å². The number of nitrogens with zero attached hydrogens (tertiary/aromatic N) is 2. The molecule has 90 valence electrons. The highest BCUT2D eigenvalue weighted by molar-refractivity contribution is 6.00. The number of β-amino-alcohol motifs (C(OH)–C–C–N with tert-alkyl or cyclic N) is 1. The van der Waals surface area contributed by atoms with Gasteiger partial charge in [0.1, 0.15) is 5.56 Å². The van der Waals surface area contributed by atoms with Gasteiger partial charge in [0, 0.05) is 19.2 Å². The number of likely N-dealkylation sites (tertiary alicyclic amines) is 1. The van der Waals surface area contributed by atoms with Gasteiger partial charge >= 0.3 is 0 Å². The van der Waals surface area contributed by atoms with Crippen LogP contribution in [0, 0.1) is 17.0 Å². The van der Waals surface area contributed by atoms with Crippen molar-refractivity contribution in [1.29, 1.82) is 0 Å². The summed E-state index contributed by atoms with van der Waals surface area (Å²) in [6, 6.07) is 4.53. The molecular formula is C11H12N2O4. The van der Waals surface area contributed by atoms with E-state index in [1.807, 2.05) is 0 Å². The zero-order valence-corrected chi connectivity index (χ0v) is 9.29. The molecule has 1 aromatic carbocycles. The zero-order valence-electron chi connectivity index (χ0n) is 9.29. The van der Waals surface area contributed by atoms with E-state index in [9.17, 15) is 14.9 Å². The highest BCUT2D eigenvalue weighted by atomic mass is 16.6. The minimum absolute atomic E-state index is 0.115. The van der Waals surface area contributed by atoms with Gasteiger partial charge in [-0.05, 0) is 12.5 Å². The Labute approximate surface area is 97.6 Å². The Morgan fingerprint density at radius 2 is 2.18 bits per heavy atom. The molecule has 0 atom stereocenters. The summed E-state index contributed by atoms with van der Waals surface area (Å²) in [6.07, 6.45) is -0.512. The molecule has 17 heavy (non-hydrogen) atoms. The standard InChI is InChI=1S/C11H12N2O4/c1-7-3-2-4-9(13(16)17)10(7)11(15)12-5-8(14)6-12/h2-4,8,14H,5-6H2,1H3. The van der Waals surface area contributed by atoms with Gasteiger partial charge < -0.3 is 10.0 Å². The second-order valence-electron chi connectivity index (χ2n) is 4.09. The highest BCUT2D eigenvalue weighted by Crippen LogP contribution is 2.25. The smallest absolute Gasteiger partial charge is 0.282 e. The lowest BCUT2D eigenvalue weighted by molar-refractivity contribution is -0.385. The fourth-order valence-electron chi connectivity index (χ4n) is 1.86. The van der Waals surface area contributed by atoms with E-state index in [1.54, 1.807) is 19.1 Å². The van der Waals surface area contributed by atoms with Crippen LogP contribution in [-0.4, -0.2) is 40.0 Å². The first-order chi connectivity index (χ1) is 8.00. The third-order valence-corrected chi connectivity index (χ3v) is 2.81. The molecular weight excluding hydrogens is 224 g/mol. The van der Waals surface area contributed by atoms with Gasteiger partial charge in [0.05, 0.1) is 11.0 Å². The second-order valence-corrected chi connectivity index (χ2v) is 4.09. The molecule has 0 saturated carbocycles. The van der Waals surface area contributed by atoms with Crippen molar-refractivity contribution in [3.63, 3.8) is 0 Å². The van der Waals surface area contributed by atoms with Crippen LogP contribution in [0.3, 0.4) is 0 Å². The Kier molecular flexibility index (Phi) is 2.81. The maximum atomic E-state index is 12.0. The van der Waals surface area contributed by atoms with Crippen LogP contribution in [0.25, 0.3) is 0 Å². The molecule has 1 aromatic rings. The molecule has 1 saturated heterocycles. The van der Waals surface area contributed by atoms with Crippen molar-refractivity contribution in [3.05, 3.63) is 39.4 Å². The van der Waals surface area contributed by atoms with Gasteiger partial charge in [-0.2, -0.15) is 0 Å². The molecule has 1 fully saturated rings. The van der Waals surface area contributed by atoms with Crippen LogP contribution >= 0.6 is 0 Å². The summed E-state index contributed by atoms with van der Waals surface area (Å²) in [5.41, 5.74) is 0.506. The van der Waals surface area contributed by atoms with Crippen molar-refractivity contribution in [2.75, 3.05) is 13.1 Å². The largest absolute Gasteiger partial charge is 0.389 e. The quantitative estimate of drug-likeness (QED) is 0.605. The normalized spacial score (nSPS) is 15.5. The number of nitro benzene ring substituents is 1. The number of carbonyl (C=O) groups excluding carboxylic acids is 1. The summed E-state index contributed by atoms with van der Waals surface area (Å²) in [4.78, 5) is 23.7. The predicted molar refractivity (Wildman–Crippen MR) is 59.7 cm³/mol. The van der Waals surface area contributed by atoms with Crippen molar-refractivity contribution in [2.45, 2.75) is 13.0 Å². The van der Waals surface area contributed by atoms with E-state index < -0.39 is 11.0 Å². The molecule has 0 spiro atoms. The molecule has 0 radical (unpaired) electrons. The molecule has 0 aromatic heterocycles. The van der Waals surface area contributed by atoms with Crippen LogP contribution in [0.15, 0.2) is 18.2 Å². The van der Waals surface area contributed by atoms with E-state index in [4.69, 9.17) is 5.11 Å². The van der Waals surface area contributed by atoms with Crippen LogP contribution in [-0.2, 0) is 0 Å². The lowest BCUT2D eigenvalue weighted by Gasteiger charge is -2.35. The number of carbonyl (C=O) groups is 1. The van der Waals surface area contributed by atoms with Crippen LogP contribution < -0.4 is 0 Å². The first-order valence-electron chi connectivity index (χ1n) is 5.22. The fourth-order valence-corrected chi connectivity index (χ4v) is 1.86. The molecule has 0 bridgehead atoms. The Hall–Kier alpha value is -1.95. The molecule has 1 amide bonds. The van der Waals surface area contributed by atoms with Crippen molar-refractivity contribution in [3.8, 4) is 0 Å². The van der Waals surface area contributed by atoms with E-state index >= 15 is 0 Å². The Morgan fingerprint density at radius 1 is 1.53 bits per heavy atom. The third kappa shape index (κ3) is 1.99. The zero-order chi connectivity index (χ0) is 12.6. The van der Waals surface area contributed by atoms with Gasteiger partial charge in [-0.15, -0.1) is 0 Å². The number of aryl methyl sites for hydroxylation is 1. The van der Waals surface area contributed by atoms with Gasteiger partial charge in [-0.1, -0.05) is 12.1 Å².